The zero-order valence-corrected chi connectivity index (χ0v) is 26.9. The van der Waals surface area contributed by atoms with E-state index in [1.807, 2.05) is 57.1 Å². The summed E-state index contributed by atoms with van der Waals surface area (Å²) in [4.78, 5) is 40.8. The number of nitrogens with zero attached hydrogens (tertiary/aromatic N) is 1. The van der Waals surface area contributed by atoms with Crippen LogP contribution in [-0.4, -0.2) is 87.5 Å². The van der Waals surface area contributed by atoms with Crippen LogP contribution < -0.4 is 35.5 Å². The van der Waals surface area contributed by atoms with Crippen LogP contribution in [0.3, 0.4) is 0 Å². The van der Waals surface area contributed by atoms with Gasteiger partial charge in [-0.2, -0.15) is 0 Å². The lowest BCUT2D eigenvalue weighted by Gasteiger charge is -2.26. The van der Waals surface area contributed by atoms with Crippen LogP contribution in [0.25, 0.3) is 0 Å². The molecule has 0 fully saturated rings. The lowest BCUT2D eigenvalue weighted by atomic mass is 10.0. The van der Waals surface area contributed by atoms with Crippen molar-refractivity contribution < 1.29 is 33.7 Å². The molecule has 4 amide bonds. The summed E-state index contributed by atoms with van der Waals surface area (Å²) in [5.41, 5.74) is 1.59. The van der Waals surface area contributed by atoms with E-state index in [0.29, 0.717) is 30.9 Å². The number of nitrogens with one attached hydrogen (secondary N) is 4. The topological polar surface area (TPSA) is 150 Å². The van der Waals surface area contributed by atoms with E-state index in [4.69, 9.17) is 14.2 Å². The number of likely N-dealkylation sites (N-methyl/N-ethyl adjacent to an activating group) is 1. The fourth-order valence-corrected chi connectivity index (χ4v) is 4.28. The molecule has 2 unspecified atom stereocenters. The first-order valence-electron chi connectivity index (χ1n) is 14.8. The van der Waals surface area contributed by atoms with Crippen molar-refractivity contribution in [2.45, 2.75) is 64.9 Å². The van der Waals surface area contributed by atoms with Gasteiger partial charge >= 0.3 is 6.03 Å². The number of methoxy groups -OCH3 is 2. The minimum absolute atomic E-state index is 0.0965. The average Bonchev–Trinajstić information content (AvgIpc) is 3.00. The van der Waals surface area contributed by atoms with Gasteiger partial charge in [0.05, 0.1) is 20.3 Å². The van der Waals surface area contributed by atoms with Gasteiger partial charge in [0.25, 0.3) is 5.91 Å². The molecule has 0 aromatic heterocycles. The zero-order chi connectivity index (χ0) is 32.6. The molecule has 5 N–H and O–H groups in total. The SMILES string of the molecule is CCC(NC(=O)[C@H](CC(C)C)NC(=O)NCc1ccc(OCCN(C)C)cc1)C(O)C(=O)NCc1cc(OC)cc(OC)c1. The summed E-state index contributed by atoms with van der Waals surface area (Å²) in [5, 5.41) is 21.7. The van der Waals surface area contributed by atoms with Gasteiger partial charge in [-0.05, 0) is 68.2 Å². The van der Waals surface area contributed by atoms with Gasteiger partial charge in [0.2, 0.25) is 5.91 Å². The largest absolute Gasteiger partial charge is 0.497 e. The van der Waals surface area contributed by atoms with Crippen molar-refractivity contribution in [3.8, 4) is 17.2 Å². The van der Waals surface area contributed by atoms with Gasteiger partial charge in [0.1, 0.15) is 29.9 Å². The van der Waals surface area contributed by atoms with Crippen LogP contribution in [0.4, 0.5) is 4.79 Å². The molecule has 3 atom stereocenters. The van der Waals surface area contributed by atoms with Crippen molar-refractivity contribution in [3.63, 3.8) is 0 Å². The Morgan fingerprint density at radius 2 is 1.45 bits per heavy atom. The van der Waals surface area contributed by atoms with Crippen LogP contribution in [0.2, 0.25) is 0 Å². The maximum absolute atomic E-state index is 13.2. The third-order valence-electron chi connectivity index (χ3n) is 6.81. The van der Waals surface area contributed by atoms with Crippen molar-refractivity contribution in [2.24, 2.45) is 5.92 Å². The van der Waals surface area contributed by atoms with Gasteiger partial charge < -0.3 is 45.5 Å². The van der Waals surface area contributed by atoms with Gasteiger partial charge in [-0.15, -0.1) is 0 Å². The smallest absolute Gasteiger partial charge is 0.315 e. The number of benzene rings is 2. The van der Waals surface area contributed by atoms with Crippen LogP contribution in [0, 0.1) is 5.92 Å². The summed E-state index contributed by atoms with van der Waals surface area (Å²) in [6.07, 6.45) is -0.836. The normalized spacial score (nSPS) is 13.0. The summed E-state index contributed by atoms with van der Waals surface area (Å²) < 4.78 is 16.2. The molecule has 0 bridgehead atoms. The molecule has 0 aliphatic rings. The zero-order valence-electron chi connectivity index (χ0n) is 26.9. The second kappa shape index (κ2) is 18.6. The Balaban J connectivity index is 1.93. The molecule has 2 aromatic carbocycles. The van der Waals surface area contributed by atoms with Gasteiger partial charge in [-0.3, -0.25) is 9.59 Å². The molecule has 0 aliphatic carbocycles. The Kier molecular flexibility index (Phi) is 15.3. The number of urea groups is 1. The molecule has 0 radical (unpaired) electrons. The van der Waals surface area contributed by atoms with Crippen molar-refractivity contribution >= 4 is 17.8 Å². The summed E-state index contributed by atoms with van der Waals surface area (Å²) in [6, 6.07) is 10.4. The maximum Gasteiger partial charge on any atom is 0.315 e. The van der Waals surface area contributed by atoms with E-state index in [1.165, 1.54) is 14.2 Å². The van der Waals surface area contributed by atoms with Crippen LogP contribution in [0.15, 0.2) is 42.5 Å². The summed E-state index contributed by atoms with van der Waals surface area (Å²) in [7, 11) is 7.02. The first kappa shape index (κ1) is 36.2. The molecule has 0 aliphatic heterocycles. The van der Waals surface area contributed by atoms with Crippen molar-refractivity contribution in [2.75, 3.05) is 41.5 Å². The van der Waals surface area contributed by atoms with E-state index < -0.39 is 36.0 Å². The number of carbonyl (C=O) groups excluding carboxylic acids is 3. The number of carbonyl (C=O) groups is 3. The molecule has 2 aromatic rings. The lowest BCUT2D eigenvalue weighted by Crippen LogP contribution is -2.56. The molecule has 0 saturated carbocycles. The number of ether oxygens (including phenoxy) is 3. The van der Waals surface area contributed by atoms with Gasteiger partial charge in [-0.25, -0.2) is 4.79 Å². The Hall–Kier alpha value is -4.03. The Bertz CT molecular complexity index is 1170. The van der Waals surface area contributed by atoms with Crippen LogP contribution in [0.5, 0.6) is 17.2 Å². The average molecular weight is 616 g/mol. The molecule has 0 spiro atoms. The van der Waals surface area contributed by atoms with E-state index >= 15 is 0 Å². The number of rotatable bonds is 18. The molecule has 12 heteroatoms. The Morgan fingerprint density at radius 3 is 2.00 bits per heavy atom. The summed E-state index contributed by atoms with van der Waals surface area (Å²) >= 11 is 0. The van der Waals surface area contributed by atoms with E-state index in [-0.39, 0.29) is 19.0 Å². The number of hydrogen-bond donors (Lipinski definition) is 5. The molecular weight excluding hydrogens is 566 g/mol. The highest BCUT2D eigenvalue weighted by Crippen LogP contribution is 2.22. The Labute approximate surface area is 260 Å². The predicted octanol–water partition coefficient (Wildman–Crippen LogP) is 2.43. The molecule has 44 heavy (non-hydrogen) atoms. The second-order valence-electron chi connectivity index (χ2n) is 11.2. The summed E-state index contributed by atoms with van der Waals surface area (Å²) in [5.74, 6) is 0.858. The molecule has 2 rings (SSSR count). The van der Waals surface area contributed by atoms with Crippen molar-refractivity contribution in [1.82, 2.24) is 26.2 Å². The monoisotopic (exact) mass is 615 g/mol. The van der Waals surface area contributed by atoms with E-state index in [1.54, 1.807) is 25.1 Å². The van der Waals surface area contributed by atoms with Gasteiger partial charge in [0, 0.05) is 25.7 Å². The van der Waals surface area contributed by atoms with E-state index in [0.717, 1.165) is 23.4 Å². The fourth-order valence-electron chi connectivity index (χ4n) is 4.28. The first-order valence-corrected chi connectivity index (χ1v) is 14.8. The standard InChI is InChI=1S/C32H49N5O7/c1-8-27(29(38)31(40)33-20-23-16-25(42-6)18-26(17-23)43-7)35-30(39)28(15-21(2)3)36-32(41)34-19-22-9-11-24(12-10-22)44-14-13-37(4)5/h9-12,16-18,21,27-29,38H,8,13-15,19-20H2,1-7H3,(H,33,40)(H,35,39)(H2,34,36,41)/t27?,28-,29?/m0/s1. The molecule has 0 saturated heterocycles. The highest BCUT2D eigenvalue weighted by atomic mass is 16.5. The van der Waals surface area contributed by atoms with E-state index in [2.05, 4.69) is 21.3 Å². The molecule has 0 heterocycles. The third kappa shape index (κ3) is 12.7. The minimum atomic E-state index is -1.50. The Morgan fingerprint density at radius 1 is 0.841 bits per heavy atom. The highest BCUT2D eigenvalue weighted by Gasteiger charge is 2.30. The number of aliphatic hydroxyl groups is 1. The number of amides is 4. The highest BCUT2D eigenvalue weighted by molar-refractivity contribution is 5.88. The second-order valence-corrected chi connectivity index (χ2v) is 11.2. The van der Waals surface area contributed by atoms with Crippen molar-refractivity contribution in [1.29, 1.82) is 0 Å². The van der Waals surface area contributed by atoms with Crippen LogP contribution in [-0.2, 0) is 22.7 Å². The fraction of sp³-hybridized carbons (Fsp3) is 0.531. The van der Waals surface area contributed by atoms with Crippen LogP contribution in [0.1, 0.15) is 44.7 Å². The quantitative estimate of drug-likeness (QED) is 0.172. The molecule has 12 nitrogen and oxygen atoms in total. The maximum atomic E-state index is 13.2. The summed E-state index contributed by atoms with van der Waals surface area (Å²) in [6.45, 7) is 7.40. The van der Waals surface area contributed by atoms with Gasteiger partial charge in [-0.1, -0.05) is 32.9 Å². The van der Waals surface area contributed by atoms with Crippen LogP contribution >= 0.6 is 0 Å². The lowest BCUT2D eigenvalue weighted by molar-refractivity contribution is -0.132. The number of aliphatic hydroxyl groups excluding tert-OH is 1. The van der Waals surface area contributed by atoms with Crippen molar-refractivity contribution in [3.05, 3.63) is 53.6 Å². The predicted molar refractivity (Wildman–Crippen MR) is 169 cm³/mol. The first-order chi connectivity index (χ1) is 20.9. The minimum Gasteiger partial charge on any atom is -0.497 e. The third-order valence-corrected chi connectivity index (χ3v) is 6.81. The number of hydrogen-bond acceptors (Lipinski definition) is 8. The van der Waals surface area contributed by atoms with E-state index in [9.17, 15) is 19.5 Å². The molecule has 244 valence electrons. The van der Waals surface area contributed by atoms with Gasteiger partial charge in [0.15, 0.2) is 6.10 Å². The molecular formula is C32H49N5O7.